The van der Waals surface area contributed by atoms with Crippen molar-refractivity contribution in [1.82, 2.24) is 0 Å². The van der Waals surface area contributed by atoms with E-state index in [1.807, 2.05) is 0 Å². The zero-order chi connectivity index (χ0) is 11.4. The van der Waals surface area contributed by atoms with Crippen LogP contribution >= 0.6 is 0 Å². The Kier molecular flexibility index (Phi) is 3.48. The lowest BCUT2D eigenvalue weighted by atomic mass is 10.1. The number of aliphatic carboxylic acids is 1. The quantitative estimate of drug-likeness (QED) is 0.416. The third kappa shape index (κ3) is 2.36. The van der Waals surface area contributed by atoms with Crippen LogP contribution in [0.5, 0.6) is 5.75 Å². The molecule has 0 saturated carbocycles. The largest absolute Gasteiger partial charge is 0.497 e. The van der Waals surface area contributed by atoms with Crippen molar-refractivity contribution in [2.45, 2.75) is 6.10 Å². The summed E-state index contributed by atoms with van der Waals surface area (Å²) in [6.07, 6.45) is -1.63. The van der Waals surface area contributed by atoms with Gasteiger partial charge >= 0.3 is 5.97 Å². The van der Waals surface area contributed by atoms with Crippen LogP contribution in [0.1, 0.15) is 11.7 Å². The number of nitrogen functional groups attached to an aromatic ring is 1. The van der Waals surface area contributed by atoms with Gasteiger partial charge in [-0.05, 0) is 18.2 Å². The van der Waals surface area contributed by atoms with Gasteiger partial charge in [0.2, 0.25) is 0 Å². The van der Waals surface area contributed by atoms with E-state index in [2.05, 4.69) is 5.43 Å². The van der Waals surface area contributed by atoms with Gasteiger partial charge in [-0.2, -0.15) is 0 Å². The van der Waals surface area contributed by atoms with Gasteiger partial charge in [0.15, 0.2) is 6.10 Å². The summed E-state index contributed by atoms with van der Waals surface area (Å²) < 4.78 is 4.91. The molecule has 0 aromatic heterocycles. The minimum absolute atomic E-state index is 0.157. The van der Waals surface area contributed by atoms with E-state index in [-0.39, 0.29) is 5.56 Å². The average molecular weight is 212 g/mol. The number of nitrogens with one attached hydrogen (secondary N) is 1. The first kappa shape index (κ1) is 11.3. The molecule has 0 aliphatic carbocycles. The van der Waals surface area contributed by atoms with Crippen LogP contribution in [0.15, 0.2) is 18.2 Å². The molecule has 6 nitrogen and oxygen atoms in total. The number of aliphatic hydroxyl groups is 1. The Morgan fingerprint density at radius 2 is 2.27 bits per heavy atom. The number of hydrazine groups is 1. The highest BCUT2D eigenvalue weighted by Gasteiger charge is 2.19. The van der Waals surface area contributed by atoms with Crippen molar-refractivity contribution < 1.29 is 19.7 Å². The highest BCUT2D eigenvalue weighted by molar-refractivity contribution is 5.77. The maximum Gasteiger partial charge on any atom is 0.337 e. The van der Waals surface area contributed by atoms with Gasteiger partial charge in [-0.15, -0.1) is 0 Å². The minimum atomic E-state index is -1.63. The van der Waals surface area contributed by atoms with Crippen LogP contribution in [0.3, 0.4) is 0 Å². The summed E-state index contributed by atoms with van der Waals surface area (Å²) in [6.45, 7) is 0. The normalized spacial score (nSPS) is 11.9. The standard InChI is InChI=1S/C9H12N2O4/c1-15-5-2-3-7(11-10)6(4-5)8(12)9(13)14/h2-4,8,11-12H,10H2,1H3,(H,13,14). The lowest BCUT2D eigenvalue weighted by molar-refractivity contribution is -0.146. The fraction of sp³-hybridized carbons (Fsp3) is 0.222. The Labute approximate surface area is 86.2 Å². The first-order chi connectivity index (χ1) is 7.10. The Morgan fingerprint density at radius 1 is 1.60 bits per heavy atom. The van der Waals surface area contributed by atoms with Crippen LogP contribution in [-0.2, 0) is 4.79 Å². The number of hydrogen-bond donors (Lipinski definition) is 4. The summed E-state index contributed by atoms with van der Waals surface area (Å²) in [5.74, 6) is 4.29. The molecular formula is C9H12N2O4. The van der Waals surface area contributed by atoms with Crippen LogP contribution in [0.4, 0.5) is 5.69 Å². The van der Waals surface area contributed by atoms with Crippen molar-refractivity contribution in [1.29, 1.82) is 0 Å². The predicted octanol–water partition coefficient (Wildman–Crippen LogP) is 0.0988. The number of aliphatic hydroxyl groups excluding tert-OH is 1. The van der Waals surface area contributed by atoms with Gasteiger partial charge in [-0.25, -0.2) is 4.79 Å². The number of rotatable bonds is 4. The van der Waals surface area contributed by atoms with Gasteiger partial charge < -0.3 is 20.4 Å². The van der Waals surface area contributed by atoms with Crippen molar-refractivity contribution >= 4 is 11.7 Å². The fourth-order valence-corrected chi connectivity index (χ4v) is 1.16. The van der Waals surface area contributed by atoms with E-state index in [0.717, 1.165) is 0 Å². The molecule has 1 aromatic rings. The van der Waals surface area contributed by atoms with Gasteiger partial charge in [0.05, 0.1) is 12.8 Å². The molecule has 0 bridgehead atoms. The van der Waals surface area contributed by atoms with Crippen molar-refractivity contribution in [3.05, 3.63) is 23.8 Å². The minimum Gasteiger partial charge on any atom is -0.497 e. The Balaban J connectivity index is 3.16. The second-order valence-corrected chi connectivity index (χ2v) is 2.84. The van der Waals surface area contributed by atoms with Crippen molar-refractivity contribution in [2.75, 3.05) is 12.5 Å². The Hall–Kier alpha value is -1.79. The summed E-state index contributed by atoms with van der Waals surface area (Å²) in [7, 11) is 1.45. The molecule has 0 radical (unpaired) electrons. The number of carboxylic acid groups (broad SMARTS) is 1. The molecule has 5 N–H and O–H groups in total. The van der Waals surface area contributed by atoms with E-state index >= 15 is 0 Å². The number of anilines is 1. The number of nitrogens with two attached hydrogens (primary N) is 1. The number of carbonyl (C=O) groups is 1. The van der Waals surface area contributed by atoms with E-state index < -0.39 is 12.1 Å². The predicted molar refractivity (Wildman–Crippen MR) is 53.4 cm³/mol. The third-order valence-electron chi connectivity index (χ3n) is 1.94. The number of ether oxygens (including phenoxy) is 1. The number of carboxylic acids is 1. The van der Waals surface area contributed by atoms with E-state index in [9.17, 15) is 9.90 Å². The lowest BCUT2D eigenvalue weighted by Crippen LogP contribution is -2.16. The monoisotopic (exact) mass is 212 g/mol. The topological polar surface area (TPSA) is 105 Å². The zero-order valence-electron chi connectivity index (χ0n) is 8.10. The molecule has 0 fully saturated rings. The molecule has 1 aromatic carbocycles. The number of benzene rings is 1. The highest BCUT2D eigenvalue weighted by Crippen LogP contribution is 2.27. The van der Waals surface area contributed by atoms with E-state index in [4.69, 9.17) is 15.7 Å². The molecule has 1 atom stereocenters. The van der Waals surface area contributed by atoms with Crippen LogP contribution in [0.2, 0.25) is 0 Å². The summed E-state index contributed by atoms with van der Waals surface area (Å²) in [5, 5.41) is 18.0. The molecule has 0 saturated heterocycles. The number of hydrogen-bond acceptors (Lipinski definition) is 5. The summed E-state index contributed by atoms with van der Waals surface area (Å²) >= 11 is 0. The molecule has 0 aliphatic heterocycles. The average Bonchev–Trinajstić information content (AvgIpc) is 2.27. The van der Waals surface area contributed by atoms with Crippen LogP contribution in [0.25, 0.3) is 0 Å². The second-order valence-electron chi connectivity index (χ2n) is 2.84. The highest BCUT2D eigenvalue weighted by atomic mass is 16.5. The number of methoxy groups -OCH3 is 1. The summed E-state index contributed by atoms with van der Waals surface area (Å²) in [5.41, 5.74) is 2.80. The zero-order valence-corrected chi connectivity index (χ0v) is 8.10. The van der Waals surface area contributed by atoms with Gasteiger partial charge in [0.25, 0.3) is 0 Å². The molecule has 1 rings (SSSR count). The maximum absolute atomic E-state index is 10.6. The second kappa shape index (κ2) is 4.63. The smallest absolute Gasteiger partial charge is 0.337 e. The van der Waals surface area contributed by atoms with Crippen molar-refractivity contribution in [3.63, 3.8) is 0 Å². The lowest BCUT2D eigenvalue weighted by Gasteiger charge is -2.13. The van der Waals surface area contributed by atoms with Crippen LogP contribution < -0.4 is 16.0 Å². The molecule has 6 heteroatoms. The van der Waals surface area contributed by atoms with Crippen molar-refractivity contribution in [3.8, 4) is 5.75 Å². The molecule has 0 heterocycles. The van der Waals surface area contributed by atoms with Gasteiger partial charge in [-0.3, -0.25) is 5.84 Å². The Bertz CT molecular complexity index is 367. The molecular weight excluding hydrogens is 200 g/mol. The molecule has 82 valence electrons. The van der Waals surface area contributed by atoms with E-state index in [0.29, 0.717) is 11.4 Å². The van der Waals surface area contributed by atoms with Gasteiger partial charge in [0.1, 0.15) is 5.75 Å². The molecule has 0 spiro atoms. The maximum atomic E-state index is 10.6. The van der Waals surface area contributed by atoms with E-state index in [1.54, 1.807) is 6.07 Å². The van der Waals surface area contributed by atoms with Crippen LogP contribution in [-0.4, -0.2) is 23.3 Å². The van der Waals surface area contributed by atoms with Gasteiger partial charge in [-0.1, -0.05) is 0 Å². The molecule has 0 amide bonds. The van der Waals surface area contributed by atoms with Gasteiger partial charge in [0, 0.05) is 5.56 Å². The SMILES string of the molecule is COc1ccc(NN)c(C(O)C(=O)O)c1. The van der Waals surface area contributed by atoms with Crippen molar-refractivity contribution in [2.24, 2.45) is 5.84 Å². The fourth-order valence-electron chi connectivity index (χ4n) is 1.16. The first-order valence-corrected chi connectivity index (χ1v) is 4.15. The first-order valence-electron chi connectivity index (χ1n) is 4.15. The molecule has 0 aliphatic rings. The molecule has 15 heavy (non-hydrogen) atoms. The van der Waals surface area contributed by atoms with Crippen LogP contribution in [0, 0.1) is 0 Å². The summed E-state index contributed by atoms with van der Waals surface area (Å²) in [4.78, 5) is 10.6. The van der Waals surface area contributed by atoms with E-state index in [1.165, 1.54) is 19.2 Å². The summed E-state index contributed by atoms with van der Waals surface area (Å²) in [6, 6.07) is 4.54. The molecule has 1 unspecified atom stereocenters. The third-order valence-corrected chi connectivity index (χ3v) is 1.94. The Morgan fingerprint density at radius 3 is 2.73 bits per heavy atom.